The third-order valence-electron chi connectivity index (χ3n) is 2.87. The molecule has 0 saturated carbocycles. The summed E-state index contributed by atoms with van der Waals surface area (Å²) in [4.78, 5) is 4.12. The Hall–Kier alpha value is -2.35. The minimum absolute atomic E-state index is 0.556. The molecule has 0 unspecified atom stereocenters. The Balaban J connectivity index is 2.33. The normalized spacial score (nSPS) is 10.6. The summed E-state index contributed by atoms with van der Waals surface area (Å²) in [7, 11) is 0. The summed E-state index contributed by atoms with van der Waals surface area (Å²) in [6.45, 7) is 0. The summed E-state index contributed by atoms with van der Waals surface area (Å²) in [6.07, 6.45) is 1.82. The molecule has 2 aromatic carbocycles. The van der Waals surface area contributed by atoms with E-state index in [2.05, 4.69) is 23.2 Å². The maximum Gasteiger partial charge on any atom is 0.123 e. The summed E-state index contributed by atoms with van der Waals surface area (Å²) in [5.41, 5.74) is 8.15. The monoisotopic (exact) mass is 220 g/mol. The molecule has 2 N–H and O–H groups in total. The number of nitrogens with two attached hydrogens (primary N) is 1. The van der Waals surface area contributed by atoms with Crippen LogP contribution in [0.2, 0.25) is 0 Å². The molecule has 0 aliphatic rings. The molecule has 2 heteroatoms. The second-order valence-electron chi connectivity index (χ2n) is 4.00. The lowest BCUT2D eigenvalue weighted by Gasteiger charge is -2.07. The lowest BCUT2D eigenvalue weighted by Crippen LogP contribution is -1.90. The molecule has 0 amide bonds. The van der Waals surface area contributed by atoms with Gasteiger partial charge in [-0.3, -0.25) is 0 Å². The first-order chi connectivity index (χ1) is 8.34. The molecule has 1 heterocycles. The minimum atomic E-state index is 0.556. The van der Waals surface area contributed by atoms with Crippen LogP contribution < -0.4 is 5.73 Å². The van der Waals surface area contributed by atoms with Gasteiger partial charge in [0.15, 0.2) is 0 Å². The van der Waals surface area contributed by atoms with Crippen LogP contribution in [-0.4, -0.2) is 4.98 Å². The maximum absolute atomic E-state index is 5.76. The van der Waals surface area contributed by atoms with Crippen molar-refractivity contribution in [2.45, 2.75) is 0 Å². The molecule has 2 nitrogen and oxygen atoms in total. The van der Waals surface area contributed by atoms with E-state index in [0.717, 1.165) is 10.8 Å². The van der Waals surface area contributed by atoms with E-state index in [0.29, 0.717) is 5.82 Å². The average Bonchev–Trinajstić information content (AvgIpc) is 2.39. The molecule has 0 radical (unpaired) electrons. The molecule has 3 aromatic rings. The summed E-state index contributed by atoms with van der Waals surface area (Å²) >= 11 is 0. The number of anilines is 1. The van der Waals surface area contributed by atoms with Crippen LogP contribution in [0.15, 0.2) is 60.8 Å². The van der Waals surface area contributed by atoms with Crippen molar-refractivity contribution in [2.75, 3.05) is 5.73 Å². The predicted octanol–water partition coefficient (Wildman–Crippen LogP) is 3.48. The van der Waals surface area contributed by atoms with Gasteiger partial charge in [0.1, 0.15) is 5.82 Å². The molecule has 82 valence electrons. The number of fused-ring (bicyclic) bond motifs is 1. The van der Waals surface area contributed by atoms with Crippen molar-refractivity contribution in [3.63, 3.8) is 0 Å². The number of benzene rings is 2. The van der Waals surface area contributed by atoms with Gasteiger partial charge in [-0.2, -0.15) is 0 Å². The van der Waals surface area contributed by atoms with Gasteiger partial charge in [0.25, 0.3) is 0 Å². The second-order valence-corrected chi connectivity index (χ2v) is 4.00. The van der Waals surface area contributed by atoms with Crippen LogP contribution in [0.25, 0.3) is 21.9 Å². The van der Waals surface area contributed by atoms with Gasteiger partial charge in [0.05, 0.1) is 0 Å². The SMILES string of the molecule is Nc1cc2c(-c3ccccc3)cccc2cn1. The minimum Gasteiger partial charge on any atom is -0.384 e. The Labute approximate surface area is 99.7 Å². The van der Waals surface area contributed by atoms with E-state index >= 15 is 0 Å². The highest BCUT2D eigenvalue weighted by molar-refractivity contribution is 5.97. The van der Waals surface area contributed by atoms with Crippen molar-refractivity contribution in [1.29, 1.82) is 0 Å². The number of rotatable bonds is 1. The van der Waals surface area contributed by atoms with E-state index in [9.17, 15) is 0 Å². The molecule has 3 rings (SSSR count). The molecule has 0 saturated heterocycles. The van der Waals surface area contributed by atoms with Crippen molar-refractivity contribution >= 4 is 16.6 Å². The zero-order chi connectivity index (χ0) is 11.7. The first kappa shape index (κ1) is 9.85. The van der Waals surface area contributed by atoms with Crippen molar-refractivity contribution in [1.82, 2.24) is 4.98 Å². The zero-order valence-electron chi connectivity index (χ0n) is 9.30. The highest BCUT2D eigenvalue weighted by Crippen LogP contribution is 2.28. The van der Waals surface area contributed by atoms with E-state index in [4.69, 9.17) is 5.73 Å². The average molecular weight is 220 g/mol. The van der Waals surface area contributed by atoms with E-state index in [-0.39, 0.29) is 0 Å². The van der Waals surface area contributed by atoms with Gasteiger partial charge in [0.2, 0.25) is 0 Å². The third kappa shape index (κ3) is 1.74. The first-order valence-electron chi connectivity index (χ1n) is 5.54. The fourth-order valence-corrected chi connectivity index (χ4v) is 2.06. The molecular weight excluding hydrogens is 208 g/mol. The number of hydrogen-bond acceptors (Lipinski definition) is 2. The molecule has 0 atom stereocenters. The highest BCUT2D eigenvalue weighted by Gasteiger charge is 2.03. The fourth-order valence-electron chi connectivity index (χ4n) is 2.06. The highest BCUT2D eigenvalue weighted by atomic mass is 14.8. The standard InChI is InChI=1S/C15H12N2/c16-15-9-14-12(10-17-15)7-4-8-13(14)11-5-2-1-3-6-11/h1-10H,(H2,16,17). The van der Waals surface area contributed by atoms with E-state index in [1.807, 2.05) is 42.6 Å². The zero-order valence-corrected chi connectivity index (χ0v) is 9.30. The van der Waals surface area contributed by atoms with Crippen LogP contribution in [0.4, 0.5) is 5.82 Å². The Morgan fingerprint density at radius 2 is 1.71 bits per heavy atom. The number of nitrogen functional groups attached to an aromatic ring is 1. The molecule has 0 spiro atoms. The molecule has 1 aromatic heterocycles. The Bertz CT molecular complexity index is 660. The Kier molecular flexibility index (Phi) is 2.26. The van der Waals surface area contributed by atoms with Crippen LogP contribution in [0, 0.1) is 0 Å². The van der Waals surface area contributed by atoms with Crippen LogP contribution in [0.5, 0.6) is 0 Å². The van der Waals surface area contributed by atoms with Crippen LogP contribution in [-0.2, 0) is 0 Å². The van der Waals surface area contributed by atoms with Gasteiger partial charge >= 0.3 is 0 Å². The summed E-state index contributed by atoms with van der Waals surface area (Å²) in [5.74, 6) is 0.556. The van der Waals surface area contributed by atoms with E-state index < -0.39 is 0 Å². The van der Waals surface area contributed by atoms with Crippen LogP contribution in [0.1, 0.15) is 0 Å². The van der Waals surface area contributed by atoms with E-state index in [1.165, 1.54) is 11.1 Å². The fraction of sp³-hybridized carbons (Fsp3) is 0. The topological polar surface area (TPSA) is 38.9 Å². The van der Waals surface area contributed by atoms with Gasteiger partial charge in [-0.1, -0.05) is 48.5 Å². The summed E-state index contributed by atoms with van der Waals surface area (Å²) in [6, 6.07) is 18.4. The van der Waals surface area contributed by atoms with Gasteiger partial charge in [-0.05, 0) is 22.6 Å². The van der Waals surface area contributed by atoms with Gasteiger partial charge in [0, 0.05) is 11.6 Å². The summed E-state index contributed by atoms with van der Waals surface area (Å²) in [5, 5.41) is 2.26. The molecular formula is C15H12N2. The number of aromatic nitrogens is 1. The lowest BCUT2D eigenvalue weighted by molar-refractivity contribution is 1.37. The van der Waals surface area contributed by atoms with Gasteiger partial charge in [-0.25, -0.2) is 4.98 Å². The largest absolute Gasteiger partial charge is 0.384 e. The van der Waals surface area contributed by atoms with E-state index in [1.54, 1.807) is 0 Å². The first-order valence-corrected chi connectivity index (χ1v) is 5.54. The number of nitrogens with zero attached hydrogens (tertiary/aromatic N) is 1. The second kappa shape index (κ2) is 3.91. The number of hydrogen-bond donors (Lipinski definition) is 1. The van der Waals surface area contributed by atoms with Crippen LogP contribution >= 0.6 is 0 Å². The Morgan fingerprint density at radius 1 is 0.882 bits per heavy atom. The molecule has 17 heavy (non-hydrogen) atoms. The third-order valence-corrected chi connectivity index (χ3v) is 2.87. The quantitative estimate of drug-likeness (QED) is 0.681. The van der Waals surface area contributed by atoms with Crippen molar-refractivity contribution in [3.8, 4) is 11.1 Å². The molecule has 0 aliphatic heterocycles. The van der Waals surface area contributed by atoms with Gasteiger partial charge in [-0.15, -0.1) is 0 Å². The smallest absolute Gasteiger partial charge is 0.123 e. The lowest BCUT2D eigenvalue weighted by atomic mass is 9.99. The molecule has 0 bridgehead atoms. The van der Waals surface area contributed by atoms with Crippen molar-refractivity contribution < 1.29 is 0 Å². The molecule has 0 aliphatic carbocycles. The van der Waals surface area contributed by atoms with Crippen molar-refractivity contribution in [2.24, 2.45) is 0 Å². The van der Waals surface area contributed by atoms with Crippen molar-refractivity contribution in [3.05, 3.63) is 60.8 Å². The summed E-state index contributed by atoms with van der Waals surface area (Å²) < 4.78 is 0. The predicted molar refractivity (Wildman–Crippen MR) is 71.6 cm³/mol. The Morgan fingerprint density at radius 3 is 2.53 bits per heavy atom. The molecule has 0 fully saturated rings. The maximum atomic E-state index is 5.76. The number of pyridine rings is 1. The van der Waals surface area contributed by atoms with Crippen LogP contribution in [0.3, 0.4) is 0 Å². The van der Waals surface area contributed by atoms with Gasteiger partial charge < -0.3 is 5.73 Å².